The molecule has 1 atom stereocenters. The highest BCUT2D eigenvalue weighted by Gasteiger charge is 2.17. The van der Waals surface area contributed by atoms with Gasteiger partial charge in [0.1, 0.15) is 0 Å². The molecule has 0 spiro atoms. The lowest BCUT2D eigenvalue weighted by atomic mass is 10.1. The van der Waals surface area contributed by atoms with Gasteiger partial charge in [-0.05, 0) is 44.0 Å². The smallest absolute Gasteiger partial charge is 0.0710 e. The Balaban J connectivity index is 2.49. The Morgan fingerprint density at radius 2 is 2.11 bits per heavy atom. The first-order chi connectivity index (χ1) is 8.57. The third kappa shape index (κ3) is 5.89. The molecule has 18 heavy (non-hydrogen) atoms. The molecule has 0 fully saturated rings. The van der Waals surface area contributed by atoms with E-state index in [0.717, 1.165) is 31.7 Å². The molecule has 0 aromatic heterocycles. The van der Waals surface area contributed by atoms with Crippen LogP contribution < -0.4 is 5.32 Å². The van der Waals surface area contributed by atoms with Gasteiger partial charge in [0.25, 0.3) is 0 Å². The molecule has 102 valence electrons. The minimum atomic E-state index is -0.568. The summed E-state index contributed by atoms with van der Waals surface area (Å²) in [6, 6.07) is 8.55. The Morgan fingerprint density at radius 1 is 1.33 bits per heavy atom. The lowest BCUT2D eigenvalue weighted by Gasteiger charge is -2.20. The molecule has 0 radical (unpaired) electrons. The van der Waals surface area contributed by atoms with E-state index in [0.29, 0.717) is 0 Å². The first-order valence-corrected chi connectivity index (χ1v) is 7.71. The lowest BCUT2D eigenvalue weighted by molar-refractivity contribution is 0.0816. The van der Waals surface area contributed by atoms with Gasteiger partial charge >= 0.3 is 0 Å². The van der Waals surface area contributed by atoms with Crippen LogP contribution in [0.25, 0.3) is 0 Å². The quantitative estimate of drug-likeness (QED) is 0.559. The van der Waals surface area contributed by atoms with Gasteiger partial charge in [-0.2, -0.15) is 0 Å². The van der Waals surface area contributed by atoms with Gasteiger partial charge in [0.15, 0.2) is 0 Å². The van der Waals surface area contributed by atoms with Crippen LogP contribution in [0, 0.1) is 0 Å². The standard InChI is InChI=1S/C15H25NOS/c1-4-9-16-11-13-7-6-8-14(10-13)18-12-15(3,17)5-2/h6-8,10,16-17H,4-5,9,11-12H2,1-3H3. The summed E-state index contributed by atoms with van der Waals surface area (Å²) in [7, 11) is 0. The van der Waals surface area contributed by atoms with Crippen molar-refractivity contribution in [2.75, 3.05) is 12.3 Å². The van der Waals surface area contributed by atoms with Crippen molar-refractivity contribution in [1.29, 1.82) is 0 Å². The van der Waals surface area contributed by atoms with Crippen LogP contribution in [0.2, 0.25) is 0 Å². The first-order valence-electron chi connectivity index (χ1n) is 6.72. The predicted molar refractivity (Wildman–Crippen MR) is 80.1 cm³/mol. The zero-order valence-electron chi connectivity index (χ0n) is 11.7. The van der Waals surface area contributed by atoms with Gasteiger partial charge in [-0.3, -0.25) is 0 Å². The van der Waals surface area contributed by atoms with Crippen LogP contribution in [0.3, 0.4) is 0 Å². The van der Waals surface area contributed by atoms with E-state index >= 15 is 0 Å². The van der Waals surface area contributed by atoms with Crippen LogP contribution in [-0.4, -0.2) is 23.0 Å². The number of nitrogens with one attached hydrogen (secondary N) is 1. The van der Waals surface area contributed by atoms with E-state index in [1.54, 1.807) is 11.8 Å². The zero-order valence-corrected chi connectivity index (χ0v) is 12.5. The predicted octanol–water partition coefficient (Wildman–Crippen LogP) is 3.44. The number of benzene rings is 1. The number of hydrogen-bond donors (Lipinski definition) is 2. The van der Waals surface area contributed by atoms with Crippen molar-refractivity contribution < 1.29 is 5.11 Å². The Bertz CT molecular complexity index is 352. The molecule has 0 saturated carbocycles. The molecule has 0 heterocycles. The second kappa shape index (κ2) is 7.82. The zero-order chi connectivity index (χ0) is 13.4. The van der Waals surface area contributed by atoms with E-state index in [-0.39, 0.29) is 0 Å². The Labute approximate surface area is 115 Å². The van der Waals surface area contributed by atoms with Crippen LogP contribution >= 0.6 is 11.8 Å². The summed E-state index contributed by atoms with van der Waals surface area (Å²) in [5, 5.41) is 13.4. The molecule has 0 aliphatic heterocycles. The van der Waals surface area contributed by atoms with E-state index in [1.807, 2.05) is 13.8 Å². The van der Waals surface area contributed by atoms with Crippen molar-refractivity contribution in [3.8, 4) is 0 Å². The minimum Gasteiger partial charge on any atom is -0.389 e. The number of hydrogen-bond acceptors (Lipinski definition) is 3. The van der Waals surface area contributed by atoms with E-state index in [1.165, 1.54) is 10.5 Å². The summed E-state index contributed by atoms with van der Waals surface area (Å²) < 4.78 is 0. The average Bonchev–Trinajstić information content (AvgIpc) is 2.38. The van der Waals surface area contributed by atoms with E-state index in [2.05, 4.69) is 36.5 Å². The number of rotatable bonds is 8. The summed E-state index contributed by atoms with van der Waals surface area (Å²) in [6.45, 7) is 8.07. The molecule has 0 bridgehead atoms. The van der Waals surface area contributed by atoms with Crippen molar-refractivity contribution in [3.05, 3.63) is 29.8 Å². The lowest BCUT2D eigenvalue weighted by Crippen LogP contribution is -2.25. The van der Waals surface area contributed by atoms with E-state index in [4.69, 9.17) is 0 Å². The first kappa shape index (κ1) is 15.5. The molecule has 0 saturated heterocycles. The Kier molecular flexibility index (Phi) is 6.76. The molecule has 1 aromatic carbocycles. The molecular formula is C15H25NOS. The third-order valence-corrected chi connectivity index (χ3v) is 4.32. The summed E-state index contributed by atoms with van der Waals surface area (Å²) >= 11 is 1.73. The Morgan fingerprint density at radius 3 is 2.78 bits per heavy atom. The molecule has 1 unspecified atom stereocenters. The van der Waals surface area contributed by atoms with Crippen LogP contribution in [0.4, 0.5) is 0 Å². The topological polar surface area (TPSA) is 32.3 Å². The van der Waals surface area contributed by atoms with Crippen molar-refractivity contribution >= 4 is 11.8 Å². The van der Waals surface area contributed by atoms with Gasteiger partial charge in [0, 0.05) is 17.2 Å². The molecule has 0 amide bonds. The fourth-order valence-corrected chi connectivity index (χ4v) is 2.59. The van der Waals surface area contributed by atoms with Gasteiger partial charge in [-0.15, -0.1) is 11.8 Å². The molecule has 0 aliphatic rings. The fraction of sp³-hybridized carbons (Fsp3) is 0.600. The molecule has 0 aliphatic carbocycles. The monoisotopic (exact) mass is 267 g/mol. The van der Waals surface area contributed by atoms with Gasteiger partial charge in [-0.25, -0.2) is 0 Å². The van der Waals surface area contributed by atoms with Crippen LogP contribution in [0.15, 0.2) is 29.2 Å². The second-order valence-corrected chi connectivity index (χ2v) is 6.01. The normalized spacial score (nSPS) is 14.4. The molecule has 3 heteroatoms. The highest BCUT2D eigenvalue weighted by Crippen LogP contribution is 2.25. The van der Waals surface area contributed by atoms with Gasteiger partial charge in [-0.1, -0.05) is 26.0 Å². The summed E-state index contributed by atoms with van der Waals surface area (Å²) in [5.41, 5.74) is 0.741. The summed E-state index contributed by atoms with van der Waals surface area (Å²) in [5.74, 6) is 0.745. The molecule has 2 N–H and O–H groups in total. The number of thioether (sulfide) groups is 1. The van der Waals surface area contributed by atoms with E-state index in [9.17, 15) is 5.11 Å². The maximum Gasteiger partial charge on any atom is 0.0710 e. The molecule has 1 aromatic rings. The fourth-order valence-electron chi connectivity index (χ4n) is 1.50. The van der Waals surface area contributed by atoms with Gasteiger partial charge < -0.3 is 10.4 Å². The maximum atomic E-state index is 9.99. The average molecular weight is 267 g/mol. The van der Waals surface area contributed by atoms with Gasteiger partial charge in [0.2, 0.25) is 0 Å². The largest absolute Gasteiger partial charge is 0.389 e. The Hall–Kier alpha value is -0.510. The van der Waals surface area contributed by atoms with Crippen molar-refractivity contribution in [1.82, 2.24) is 5.32 Å². The van der Waals surface area contributed by atoms with Gasteiger partial charge in [0.05, 0.1) is 5.60 Å². The highest BCUT2D eigenvalue weighted by atomic mass is 32.2. The molecule has 1 rings (SSSR count). The summed E-state index contributed by atoms with van der Waals surface area (Å²) in [6.07, 6.45) is 1.95. The highest BCUT2D eigenvalue weighted by molar-refractivity contribution is 7.99. The summed E-state index contributed by atoms with van der Waals surface area (Å²) in [4.78, 5) is 1.24. The third-order valence-electron chi connectivity index (χ3n) is 2.97. The van der Waals surface area contributed by atoms with Crippen LogP contribution in [0.5, 0.6) is 0 Å². The van der Waals surface area contributed by atoms with E-state index < -0.39 is 5.60 Å². The second-order valence-electron chi connectivity index (χ2n) is 4.96. The minimum absolute atomic E-state index is 0.568. The van der Waals surface area contributed by atoms with Crippen molar-refractivity contribution in [2.24, 2.45) is 0 Å². The van der Waals surface area contributed by atoms with Crippen LogP contribution in [0.1, 0.15) is 39.2 Å². The SMILES string of the molecule is CCCNCc1cccc(SCC(C)(O)CC)c1. The molecular weight excluding hydrogens is 242 g/mol. The maximum absolute atomic E-state index is 9.99. The molecule has 2 nitrogen and oxygen atoms in total. The number of aliphatic hydroxyl groups is 1. The van der Waals surface area contributed by atoms with Crippen molar-refractivity contribution in [2.45, 2.75) is 50.7 Å². The van der Waals surface area contributed by atoms with Crippen molar-refractivity contribution in [3.63, 3.8) is 0 Å². The van der Waals surface area contributed by atoms with Crippen LogP contribution in [-0.2, 0) is 6.54 Å².